The summed E-state index contributed by atoms with van der Waals surface area (Å²) in [5.41, 5.74) is 0. The molecule has 0 bridgehead atoms. The Morgan fingerprint density at radius 2 is 1.51 bits per heavy atom. The normalized spacial score (nSPS) is 20.0. The van der Waals surface area contributed by atoms with Crippen molar-refractivity contribution in [3.63, 3.8) is 0 Å². The fraction of sp³-hybridized carbons (Fsp3) is 0.886. The summed E-state index contributed by atoms with van der Waals surface area (Å²) in [5.74, 6) is -2.56. The molecule has 1 saturated heterocycles. The van der Waals surface area contributed by atoms with Gasteiger partial charge in [0.2, 0.25) is 23.6 Å². The molecule has 9 atom stereocenters. The molecule has 1 rings (SSSR count). The van der Waals surface area contributed by atoms with Crippen LogP contribution >= 0.6 is 0 Å². The van der Waals surface area contributed by atoms with Gasteiger partial charge in [0.1, 0.15) is 6.04 Å². The van der Waals surface area contributed by atoms with Gasteiger partial charge in [-0.1, -0.05) is 68.7 Å². The SMILES string of the molecule is CCC(C)C(C(CC(=O)N1CCCC1C(OC)C(C)C(=O)NC(CC(C)C)B(O)O)OC)N(C)C(=O)C(NC(=O)C(NC)C(C)C)C(C)C. The first-order valence-corrected chi connectivity index (χ1v) is 18.1. The zero-order chi connectivity index (χ0) is 37.7. The van der Waals surface area contributed by atoms with E-state index in [-0.39, 0.29) is 59.8 Å². The highest BCUT2D eigenvalue weighted by molar-refractivity contribution is 6.43. The van der Waals surface area contributed by atoms with Gasteiger partial charge in [0.25, 0.3) is 0 Å². The molecule has 0 aromatic carbocycles. The van der Waals surface area contributed by atoms with Gasteiger partial charge in [-0.2, -0.15) is 0 Å². The van der Waals surface area contributed by atoms with Crippen molar-refractivity contribution in [2.75, 3.05) is 34.9 Å². The first kappa shape index (κ1) is 44.8. The predicted molar refractivity (Wildman–Crippen MR) is 192 cm³/mol. The van der Waals surface area contributed by atoms with Gasteiger partial charge in [-0.05, 0) is 50.0 Å². The summed E-state index contributed by atoms with van der Waals surface area (Å²) in [6, 6.07) is -2.05. The van der Waals surface area contributed by atoms with Gasteiger partial charge < -0.3 is 45.3 Å². The molecule has 1 fully saturated rings. The molecule has 9 unspecified atom stereocenters. The lowest BCUT2D eigenvalue weighted by molar-refractivity contribution is -0.147. The zero-order valence-corrected chi connectivity index (χ0v) is 32.5. The van der Waals surface area contributed by atoms with E-state index in [0.717, 1.165) is 12.8 Å². The first-order valence-electron chi connectivity index (χ1n) is 18.1. The lowest BCUT2D eigenvalue weighted by atomic mass is 9.74. The summed E-state index contributed by atoms with van der Waals surface area (Å²) in [6.45, 7) is 17.8. The van der Waals surface area contributed by atoms with E-state index in [4.69, 9.17) is 9.47 Å². The quantitative estimate of drug-likeness (QED) is 0.112. The number of rotatable bonds is 21. The standard InChI is InChI=1S/C35H68BN5O8/c1-14-23(8)31(40(11)35(45)30(22(6)7)39-34(44)29(37-10)21(4)5)26(48-12)19-28(42)41-17-15-16-25(41)32(49-13)24(9)33(43)38-27(36(46)47)18-20(2)3/h20-27,29-32,37,46-47H,14-19H2,1-13H3,(H,38,43)(H,39,44). The summed E-state index contributed by atoms with van der Waals surface area (Å²) in [4.78, 5) is 58.0. The molecular formula is C35H68BN5O8. The van der Waals surface area contributed by atoms with Crippen LogP contribution in [0.15, 0.2) is 0 Å². The third-order valence-electron chi connectivity index (χ3n) is 10.2. The molecule has 0 radical (unpaired) electrons. The Hall–Kier alpha value is -2.26. The Labute approximate surface area is 296 Å². The van der Waals surface area contributed by atoms with Crippen LogP contribution in [-0.2, 0) is 28.7 Å². The number of methoxy groups -OCH3 is 2. The molecule has 4 amide bonds. The highest BCUT2D eigenvalue weighted by Gasteiger charge is 2.43. The average Bonchev–Trinajstić information content (AvgIpc) is 3.51. The van der Waals surface area contributed by atoms with Crippen molar-refractivity contribution >= 4 is 30.7 Å². The van der Waals surface area contributed by atoms with E-state index in [9.17, 15) is 29.2 Å². The van der Waals surface area contributed by atoms with Crippen LogP contribution in [0.3, 0.4) is 0 Å². The molecule has 0 saturated carbocycles. The summed E-state index contributed by atoms with van der Waals surface area (Å²) in [6.07, 6.45) is 1.26. The highest BCUT2D eigenvalue weighted by atomic mass is 16.5. The second kappa shape index (κ2) is 21.2. The van der Waals surface area contributed by atoms with Crippen LogP contribution in [0, 0.1) is 29.6 Å². The molecule has 1 heterocycles. The topological polar surface area (TPSA) is 170 Å². The van der Waals surface area contributed by atoms with E-state index in [0.29, 0.717) is 19.4 Å². The van der Waals surface area contributed by atoms with Crippen molar-refractivity contribution in [2.24, 2.45) is 29.6 Å². The number of carbonyl (C=O) groups excluding carboxylic acids is 4. The molecule has 13 nitrogen and oxygen atoms in total. The summed E-state index contributed by atoms with van der Waals surface area (Å²) in [7, 11) is 4.80. The summed E-state index contributed by atoms with van der Waals surface area (Å²) in [5, 5.41) is 28.5. The van der Waals surface area contributed by atoms with E-state index in [1.807, 2.05) is 55.4 Å². The van der Waals surface area contributed by atoms with Crippen LogP contribution in [0.1, 0.15) is 94.4 Å². The molecule has 1 aliphatic rings. The van der Waals surface area contributed by atoms with Crippen LogP contribution in [0.2, 0.25) is 0 Å². The number of ether oxygens (including phenoxy) is 2. The minimum absolute atomic E-state index is 0.0116. The maximum Gasteiger partial charge on any atom is 0.475 e. The van der Waals surface area contributed by atoms with E-state index in [1.54, 1.807) is 37.9 Å². The number of likely N-dealkylation sites (tertiary alicyclic amines) is 1. The number of likely N-dealkylation sites (N-methyl/N-ethyl adjacent to an activating group) is 2. The monoisotopic (exact) mass is 698 g/mol. The van der Waals surface area contributed by atoms with E-state index < -0.39 is 49.3 Å². The molecule has 0 aromatic heterocycles. The minimum Gasteiger partial charge on any atom is -0.426 e. The molecule has 49 heavy (non-hydrogen) atoms. The molecule has 0 aromatic rings. The maximum atomic E-state index is 14.1. The first-order chi connectivity index (χ1) is 22.9. The van der Waals surface area contributed by atoms with Gasteiger partial charge in [0, 0.05) is 27.8 Å². The van der Waals surface area contributed by atoms with Crippen molar-refractivity contribution in [1.29, 1.82) is 0 Å². The van der Waals surface area contributed by atoms with Crippen LogP contribution in [0.5, 0.6) is 0 Å². The van der Waals surface area contributed by atoms with Gasteiger partial charge in [-0.3, -0.25) is 19.2 Å². The third-order valence-corrected chi connectivity index (χ3v) is 10.2. The number of hydrogen-bond acceptors (Lipinski definition) is 9. The van der Waals surface area contributed by atoms with Crippen LogP contribution in [0.25, 0.3) is 0 Å². The number of carbonyl (C=O) groups is 4. The minimum atomic E-state index is -1.70. The predicted octanol–water partition coefficient (Wildman–Crippen LogP) is 1.83. The Balaban J connectivity index is 3.25. The number of nitrogens with zero attached hydrogens (tertiary/aromatic N) is 2. The van der Waals surface area contributed by atoms with Crippen molar-refractivity contribution in [3.8, 4) is 0 Å². The van der Waals surface area contributed by atoms with E-state index in [1.165, 1.54) is 7.11 Å². The van der Waals surface area contributed by atoms with Crippen molar-refractivity contribution < 1.29 is 38.7 Å². The Morgan fingerprint density at radius 3 is 1.96 bits per heavy atom. The van der Waals surface area contributed by atoms with Gasteiger partial charge in [-0.15, -0.1) is 0 Å². The van der Waals surface area contributed by atoms with E-state index >= 15 is 0 Å². The second-order valence-corrected chi connectivity index (χ2v) is 15.0. The van der Waals surface area contributed by atoms with Crippen molar-refractivity contribution in [2.45, 2.75) is 137 Å². The molecule has 1 aliphatic heterocycles. The molecule has 0 aliphatic carbocycles. The average molecular weight is 698 g/mol. The van der Waals surface area contributed by atoms with Crippen LogP contribution in [-0.4, -0.2) is 128 Å². The Bertz CT molecular complexity index is 1050. The number of nitrogens with one attached hydrogen (secondary N) is 3. The highest BCUT2D eigenvalue weighted by Crippen LogP contribution is 2.30. The molecule has 14 heteroatoms. The number of hydrogen-bond donors (Lipinski definition) is 5. The maximum absolute atomic E-state index is 14.1. The van der Waals surface area contributed by atoms with Crippen LogP contribution in [0.4, 0.5) is 0 Å². The van der Waals surface area contributed by atoms with Crippen LogP contribution < -0.4 is 16.0 Å². The largest absolute Gasteiger partial charge is 0.475 e. The molecule has 284 valence electrons. The molecule has 0 spiro atoms. The van der Waals surface area contributed by atoms with Gasteiger partial charge in [-0.25, -0.2) is 0 Å². The van der Waals surface area contributed by atoms with Gasteiger partial charge in [0.05, 0.1) is 48.6 Å². The Morgan fingerprint density at radius 1 is 0.918 bits per heavy atom. The number of amides is 4. The Kier molecular flexibility index (Phi) is 19.4. The van der Waals surface area contributed by atoms with Gasteiger partial charge >= 0.3 is 7.12 Å². The fourth-order valence-electron chi connectivity index (χ4n) is 7.13. The lowest BCUT2D eigenvalue weighted by Gasteiger charge is -2.41. The zero-order valence-electron chi connectivity index (χ0n) is 32.5. The third kappa shape index (κ3) is 12.5. The summed E-state index contributed by atoms with van der Waals surface area (Å²) >= 11 is 0. The molecular weight excluding hydrogens is 629 g/mol. The molecule has 5 N–H and O–H groups in total. The summed E-state index contributed by atoms with van der Waals surface area (Å²) < 4.78 is 11.8. The fourth-order valence-corrected chi connectivity index (χ4v) is 7.13. The second-order valence-electron chi connectivity index (χ2n) is 15.0. The van der Waals surface area contributed by atoms with E-state index in [2.05, 4.69) is 16.0 Å². The van der Waals surface area contributed by atoms with Crippen molar-refractivity contribution in [1.82, 2.24) is 25.8 Å². The lowest BCUT2D eigenvalue weighted by Crippen LogP contribution is -2.59. The van der Waals surface area contributed by atoms with Gasteiger partial charge in [0.15, 0.2) is 0 Å². The van der Waals surface area contributed by atoms with Crippen molar-refractivity contribution in [3.05, 3.63) is 0 Å². The smallest absolute Gasteiger partial charge is 0.426 e.